The third-order valence-corrected chi connectivity index (χ3v) is 2.92. The topological polar surface area (TPSA) is 29.3 Å². The molecule has 0 aliphatic rings. The summed E-state index contributed by atoms with van der Waals surface area (Å²) in [6, 6.07) is 1.43. The van der Waals surface area contributed by atoms with Crippen molar-refractivity contribution in [1.29, 1.82) is 0 Å². The molecule has 0 aliphatic carbocycles. The standard InChI is InChI=1S/C10H24N2/c1-6-10(7-2)12(5)9(4)8(3)11/h8-10H,6-7,11H2,1-5H3. The van der Waals surface area contributed by atoms with Crippen molar-refractivity contribution in [3.63, 3.8) is 0 Å². The molecule has 0 bridgehead atoms. The largest absolute Gasteiger partial charge is 0.327 e. The van der Waals surface area contributed by atoms with Crippen LogP contribution in [-0.4, -0.2) is 30.1 Å². The lowest BCUT2D eigenvalue weighted by Gasteiger charge is -2.34. The fourth-order valence-electron chi connectivity index (χ4n) is 1.57. The summed E-state index contributed by atoms with van der Waals surface area (Å²) in [5, 5.41) is 0. The van der Waals surface area contributed by atoms with Gasteiger partial charge in [0.05, 0.1) is 0 Å². The summed E-state index contributed by atoms with van der Waals surface area (Å²) in [6.45, 7) is 8.74. The molecule has 2 N–H and O–H groups in total. The second-order valence-corrected chi connectivity index (χ2v) is 3.74. The number of likely N-dealkylation sites (N-methyl/N-ethyl adjacent to an activating group) is 1. The zero-order valence-corrected chi connectivity index (χ0v) is 9.17. The molecule has 0 heterocycles. The minimum absolute atomic E-state index is 0.260. The van der Waals surface area contributed by atoms with Gasteiger partial charge in [-0.05, 0) is 33.7 Å². The smallest absolute Gasteiger partial charge is 0.0216 e. The first kappa shape index (κ1) is 11.9. The Balaban J connectivity index is 4.05. The normalized spacial score (nSPS) is 17.0. The molecule has 0 radical (unpaired) electrons. The number of nitrogens with two attached hydrogens (primary N) is 1. The van der Waals surface area contributed by atoms with Gasteiger partial charge in [-0.25, -0.2) is 0 Å². The van der Waals surface area contributed by atoms with E-state index in [2.05, 4.69) is 39.6 Å². The fourth-order valence-corrected chi connectivity index (χ4v) is 1.57. The molecule has 2 nitrogen and oxygen atoms in total. The lowest BCUT2D eigenvalue weighted by molar-refractivity contribution is 0.158. The van der Waals surface area contributed by atoms with Crippen LogP contribution in [0.1, 0.15) is 40.5 Å². The van der Waals surface area contributed by atoms with Crippen molar-refractivity contribution in [2.24, 2.45) is 5.73 Å². The van der Waals surface area contributed by atoms with Crippen LogP contribution >= 0.6 is 0 Å². The van der Waals surface area contributed by atoms with Crippen LogP contribution in [0.25, 0.3) is 0 Å². The van der Waals surface area contributed by atoms with E-state index in [4.69, 9.17) is 5.73 Å². The summed E-state index contributed by atoms with van der Waals surface area (Å²) in [4.78, 5) is 2.39. The van der Waals surface area contributed by atoms with Crippen LogP contribution < -0.4 is 5.73 Å². The van der Waals surface area contributed by atoms with E-state index in [1.165, 1.54) is 12.8 Å². The maximum atomic E-state index is 5.84. The van der Waals surface area contributed by atoms with Gasteiger partial charge in [-0.15, -0.1) is 0 Å². The predicted octanol–water partition coefficient (Wildman–Crippen LogP) is 1.84. The number of hydrogen-bond acceptors (Lipinski definition) is 2. The van der Waals surface area contributed by atoms with E-state index in [-0.39, 0.29) is 6.04 Å². The number of hydrogen-bond donors (Lipinski definition) is 1. The fraction of sp³-hybridized carbons (Fsp3) is 1.00. The summed E-state index contributed by atoms with van der Waals surface area (Å²) in [5.74, 6) is 0. The van der Waals surface area contributed by atoms with E-state index >= 15 is 0 Å². The van der Waals surface area contributed by atoms with Gasteiger partial charge < -0.3 is 5.73 Å². The molecule has 0 aromatic heterocycles. The summed E-state index contributed by atoms with van der Waals surface area (Å²) in [6.07, 6.45) is 2.42. The van der Waals surface area contributed by atoms with Crippen LogP contribution in [-0.2, 0) is 0 Å². The lowest BCUT2D eigenvalue weighted by Crippen LogP contribution is -2.46. The molecule has 0 amide bonds. The molecular weight excluding hydrogens is 148 g/mol. The first-order valence-corrected chi connectivity index (χ1v) is 5.02. The number of nitrogens with zero attached hydrogens (tertiary/aromatic N) is 1. The van der Waals surface area contributed by atoms with E-state index in [9.17, 15) is 0 Å². The molecule has 0 aromatic carbocycles. The first-order valence-electron chi connectivity index (χ1n) is 5.02. The van der Waals surface area contributed by atoms with E-state index in [1.54, 1.807) is 0 Å². The highest BCUT2D eigenvalue weighted by molar-refractivity contribution is 4.77. The Hall–Kier alpha value is -0.0800. The zero-order chi connectivity index (χ0) is 9.72. The maximum absolute atomic E-state index is 5.84. The van der Waals surface area contributed by atoms with Gasteiger partial charge >= 0.3 is 0 Å². The molecule has 0 fully saturated rings. The molecule has 0 rings (SSSR count). The molecule has 0 saturated heterocycles. The van der Waals surface area contributed by atoms with Crippen molar-refractivity contribution in [3.05, 3.63) is 0 Å². The Labute approximate surface area is 77.1 Å². The van der Waals surface area contributed by atoms with Crippen LogP contribution in [0.2, 0.25) is 0 Å². The van der Waals surface area contributed by atoms with Crippen molar-refractivity contribution in [2.45, 2.75) is 58.7 Å². The summed E-state index contributed by atoms with van der Waals surface area (Å²) in [5.41, 5.74) is 5.84. The average Bonchev–Trinajstić information content (AvgIpc) is 2.05. The minimum Gasteiger partial charge on any atom is -0.327 e. The van der Waals surface area contributed by atoms with Gasteiger partial charge in [-0.1, -0.05) is 13.8 Å². The molecular formula is C10H24N2. The molecule has 74 valence electrons. The third kappa shape index (κ3) is 3.11. The first-order chi connectivity index (χ1) is 5.54. The predicted molar refractivity (Wildman–Crippen MR) is 55.2 cm³/mol. The Bertz CT molecular complexity index is 106. The average molecular weight is 172 g/mol. The van der Waals surface area contributed by atoms with Crippen LogP contribution in [0.5, 0.6) is 0 Å². The highest BCUT2D eigenvalue weighted by atomic mass is 15.2. The molecule has 0 aliphatic heterocycles. The summed E-state index contributed by atoms with van der Waals surface area (Å²) in [7, 11) is 2.17. The van der Waals surface area contributed by atoms with Gasteiger partial charge in [-0.3, -0.25) is 4.90 Å². The minimum atomic E-state index is 0.260. The van der Waals surface area contributed by atoms with Crippen LogP contribution in [0.3, 0.4) is 0 Å². The van der Waals surface area contributed by atoms with Gasteiger partial charge in [0.2, 0.25) is 0 Å². The molecule has 0 saturated carbocycles. The lowest BCUT2D eigenvalue weighted by atomic mass is 10.1. The van der Waals surface area contributed by atoms with Crippen molar-refractivity contribution in [3.8, 4) is 0 Å². The zero-order valence-electron chi connectivity index (χ0n) is 9.17. The van der Waals surface area contributed by atoms with E-state index in [0.717, 1.165) is 0 Å². The quantitative estimate of drug-likeness (QED) is 0.685. The molecule has 2 unspecified atom stereocenters. The highest BCUT2D eigenvalue weighted by Gasteiger charge is 2.18. The summed E-state index contributed by atoms with van der Waals surface area (Å²) >= 11 is 0. The monoisotopic (exact) mass is 172 g/mol. The van der Waals surface area contributed by atoms with Gasteiger partial charge in [0, 0.05) is 18.1 Å². The van der Waals surface area contributed by atoms with E-state index < -0.39 is 0 Å². The molecule has 2 heteroatoms. The van der Waals surface area contributed by atoms with E-state index in [1.807, 2.05) is 0 Å². The van der Waals surface area contributed by atoms with Crippen molar-refractivity contribution < 1.29 is 0 Å². The third-order valence-electron chi connectivity index (χ3n) is 2.92. The van der Waals surface area contributed by atoms with Crippen molar-refractivity contribution in [2.75, 3.05) is 7.05 Å². The van der Waals surface area contributed by atoms with Crippen molar-refractivity contribution in [1.82, 2.24) is 4.90 Å². The van der Waals surface area contributed by atoms with E-state index in [0.29, 0.717) is 12.1 Å². The molecule has 2 atom stereocenters. The van der Waals surface area contributed by atoms with Gasteiger partial charge in [-0.2, -0.15) is 0 Å². The second kappa shape index (κ2) is 5.55. The van der Waals surface area contributed by atoms with Gasteiger partial charge in [0.25, 0.3) is 0 Å². The Morgan fingerprint density at radius 2 is 1.58 bits per heavy atom. The Morgan fingerprint density at radius 3 is 1.83 bits per heavy atom. The maximum Gasteiger partial charge on any atom is 0.0216 e. The molecule has 0 spiro atoms. The summed E-state index contributed by atoms with van der Waals surface area (Å²) < 4.78 is 0. The SMILES string of the molecule is CCC(CC)N(C)C(C)C(C)N. The van der Waals surface area contributed by atoms with Crippen LogP contribution in [0, 0.1) is 0 Å². The van der Waals surface area contributed by atoms with Crippen LogP contribution in [0.4, 0.5) is 0 Å². The van der Waals surface area contributed by atoms with Crippen LogP contribution in [0.15, 0.2) is 0 Å². The Morgan fingerprint density at radius 1 is 1.17 bits per heavy atom. The Kier molecular flexibility index (Phi) is 5.51. The van der Waals surface area contributed by atoms with Gasteiger partial charge in [0.1, 0.15) is 0 Å². The number of rotatable bonds is 5. The molecule has 0 aromatic rings. The highest BCUT2D eigenvalue weighted by Crippen LogP contribution is 2.11. The van der Waals surface area contributed by atoms with Crippen molar-refractivity contribution >= 4 is 0 Å². The molecule has 12 heavy (non-hydrogen) atoms. The second-order valence-electron chi connectivity index (χ2n) is 3.74. The van der Waals surface area contributed by atoms with Gasteiger partial charge in [0.15, 0.2) is 0 Å².